The lowest BCUT2D eigenvalue weighted by molar-refractivity contribution is 0.0601. The smallest absolute Gasteiger partial charge is 0.337 e. The average Bonchev–Trinajstić information content (AvgIpc) is 2.73. The summed E-state index contributed by atoms with van der Waals surface area (Å²) in [6.45, 7) is 1.89. The van der Waals surface area contributed by atoms with E-state index in [1.807, 2.05) is 49.4 Å². The van der Waals surface area contributed by atoms with Gasteiger partial charge in [0.05, 0.1) is 23.9 Å². The highest BCUT2D eigenvalue weighted by Crippen LogP contribution is 2.25. The molecule has 144 valence electrons. The Balaban J connectivity index is 1.62. The van der Waals surface area contributed by atoms with E-state index in [9.17, 15) is 4.79 Å². The summed E-state index contributed by atoms with van der Waals surface area (Å²) in [5.74, 6) is 0.662. The number of carbonyl (C=O) groups excluding carboxylic acids is 1. The number of nitrogens with one attached hydrogen (secondary N) is 2. The zero-order valence-electron chi connectivity index (χ0n) is 16.0. The molecule has 0 saturated heterocycles. The van der Waals surface area contributed by atoms with Gasteiger partial charge in [0.15, 0.2) is 0 Å². The van der Waals surface area contributed by atoms with Gasteiger partial charge in [-0.3, -0.25) is 4.98 Å². The lowest BCUT2D eigenvalue weighted by Gasteiger charge is -2.11. The van der Waals surface area contributed by atoms with Gasteiger partial charge in [0.25, 0.3) is 0 Å². The van der Waals surface area contributed by atoms with E-state index in [4.69, 9.17) is 4.74 Å². The number of hydrogen-bond acceptors (Lipinski definition) is 7. The maximum atomic E-state index is 11.7. The third-order valence-corrected chi connectivity index (χ3v) is 4.29. The first kappa shape index (κ1) is 18.4. The summed E-state index contributed by atoms with van der Waals surface area (Å²) in [7, 11) is 1.35. The van der Waals surface area contributed by atoms with Gasteiger partial charge in [0, 0.05) is 29.0 Å². The van der Waals surface area contributed by atoms with Crippen LogP contribution in [0.3, 0.4) is 0 Å². The molecule has 2 heterocycles. The molecule has 4 rings (SSSR count). The van der Waals surface area contributed by atoms with Crippen LogP contribution in [0.4, 0.5) is 23.1 Å². The molecule has 0 amide bonds. The van der Waals surface area contributed by atoms with Crippen LogP contribution >= 0.6 is 0 Å². The van der Waals surface area contributed by atoms with Crippen LogP contribution in [0.15, 0.2) is 66.9 Å². The van der Waals surface area contributed by atoms with Crippen molar-refractivity contribution in [1.82, 2.24) is 15.0 Å². The molecule has 7 heteroatoms. The molecule has 0 unspecified atom stereocenters. The number of carbonyl (C=O) groups is 1. The van der Waals surface area contributed by atoms with E-state index in [1.165, 1.54) is 7.11 Å². The van der Waals surface area contributed by atoms with Gasteiger partial charge in [0.2, 0.25) is 5.95 Å². The van der Waals surface area contributed by atoms with Crippen molar-refractivity contribution in [3.63, 3.8) is 0 Å². The molecular formula is C22H19N5O2. The summed E-state index contributed by atoms with van der Waals surface area (Å²) in [6, 6.07) is 18.7. The van der Waals surface area contributed by atoms with Crippen LogP contribution in [0.5, 0.6) is 0 Å². The highest BCUT2D eigenvalue weighted by Gasteiger charge is 2.09. The van der Waals surface area contributed by atoms with Crippen LogP contribution in [0.1, 0.15) is 16.1 Å². The fourth-order valence-corrected chi connectivity index (χ4v) is 3.00. The Labute approximate surface area is 167 Å². The molecule has 0 bridgehead atoms. The number of pyridine rings is 1. The number of anilines is 4. The fraction of sp³-hybridized carbons (Fsp3) is 0.0909. The number of benzene rings is 2. The molecule has 0 spiro atoms. The molecule has 0 aliphatic carbocycles. The van der Waals surface area contributed by atoms with Crippen molar-refractivity contribution in [2.75, 3.05) is 17.7 Å². The minimum atomic E-state index is -0.398. The van der Waals surface area contributed by atoms with Crippen LogP contribution in [-0.4, -0.2) is 28.0 Å². The van der Waals surface area contributed by atoms with Crippen LogP contribution in [-0.2, 0) is 4.74 Å². The zero-order valence-corrected chi connectivity index (χ0v) is 16.0. The number of aryl methyl sites for hydroxylation is 1. The molecule has 0 atom stereocenters. The minimum Gasteiger partial charge on any atom is -0.465 e. The maximum absolute atomic E-state index is 11.7. The van der Waals surface area contributed by atoms with Gasteiger partial charge >= 0.3 is 5.97 Å². The van der Waals surface area contributed by atoms with Gasteiger partial charge in [-0.2, -0.15) is 4.98 Å². The Morgan fingerprint density at radius 2 is 1.79 bits per heavy atom. The third kappa shape index (κ3) is 4.14. The number of nitrogens with zero attached hydrogens (tertiary/aromatic N) is 3. The largest absolute Gasteiger partial charge is 0.465 e. The second kappa shape index (κ2) is 7.93. The van der Waals surface area contributed by atoms with Crippen LogP contribution in [0.25, 0.3) is 10.9 Å². The molecule has 0 aliphatic heterocycles. The molecule has 0 saturated carbocycles. The van der Waals surface area contributed by atoms with Gasteiger partial charge in [-0.15, -0.1) is 0 Å². The number of rotatable bonds is 5. The van der Waals surface area contributed by atoms with E-state index in [-0.39, 0.29) is 0 Å². The molecule has 2 N–H and O–H groups in total. The van der Waals surface area contributed by atoms with Crippen molar-refractivity contribution >= 4 is 40.0 Å². The highest BCUT2D eigenvalue weighted by molar-refractivity contribution is 5.92. The molecule has 2 aromatic heterocycles. The Morgan fingerprint density at radius 3 is 2.66 bits per heavy atom. The number of para-hydroxylation sites is 1. The standard InChI is InChI=1S/C22H19N5O2/c1-14-12-19(26-18-10-4-6-15-8-5-11-23-20(15)18)27-22(24-14)25-17-9-3-7-16(13-17)21(28)29-2/h3-13H,1-2H3,(H2,24,25,26,27). The van der Waals surface area contributed by atoms with E-state index in [0.29, 0.717) is 23.0 Å². The molecule has 2 aromatic carbocycles. The van der Waals surface area contributed by atoms with Crippen LogP contribution in [0.2, 0.25) is 0 Å². The van der Waals surface area contributed by atoms with Gasteiger partial charge in [0.1, 0.15) is 5.82 Å². The number of hydrogen-bond donors (Lipinski definition) is 2. The number of ether oxygens (including phenoxy) is 1. The molecule has 29 heavy (non-hydrogen) atoms. The van der Waals surface area contributed by atoms with Crippen LogP contribution in [0, 0.1) is 6.92 Å². The topological polar surface area (TPSA) is 89.0 Å². The number of esters is 1. The van der Waals surface area contributed by atoms with E-state index in [2.05, 4.69) is 25.6 Å². The fourth-order valence-electron chi connectivity index (χ4n) is 3.00. The van der Waals surface area contributed by atoms with Crippen molar-refractivity contribution < 1.29 is 9.53 Å². The Bertz CT molecular complexity index is 1190. The number of fused-ring (bicyclic) bond motifs is 1. The first-order valence-corrected chi connectivity index (χ1v) is 9.04. The van der Waals surface area contributed by atoms with E-state index in [1.54, 1.807) is 24.4 Å². The zero-order chi connectivity index (χ0) is 20.2. The first-order valence-electron chi connectivity index (χ1n) is 9.04. The Kier molecular flexibility index (Phi) is 5.03. The monoisotopic (exact) mass is 385 g/mol. The molecule has 0 aliphatic rings. The van der Waals surface area contributed by atoms with Gasteiger partial charge in [-0.05, 0) is 37.3 Å². The third-order valence-electron chi connectivity index (χ3n) is 4.29. The normalized spacial score (nSPS) is 10.6. The summed E-state index contributed by atoms with van der Waals surface area (Å²) < 4.78 is 4.77. The van der Waals surface area contributed by atoms with E-state index < -0.39 is 5.97 Å². The van der Waals surface area contributed by atoms with Gasteiger partial charge in [-0.25, -0.2) is 9.78 Å². The highest BCUT2D eigenvalue weighted by atomic mass is 16.5. The minimum absolute atomic E-state index is 0.398. The summed E-state index contributed by atoms with van der Waals surface area (Å²) in [4.78, 5) is 25.2. The second-order valence-corrected chi connectivity index (χ2v) is 6.42. The van der Waals surface area contributed by atoms with Gasteiger partial charge < -0.3 is 15.4 Å². The van der Waals surface area contributed by atoms with Crippen molar-refractivity contribution in [3.05, 3.63) is 78.1 Å². The lowest BCUT2D eigenvalue weighted by atomic mass is 10.2. The summed E-state index contributed by atoms with van der Waals surface area (Å²) >= 11 is 0. The van der Waals surface area contributed by atoms with Crippen LogP contribution < -0.4 is 10.6 Å². The average molecular weight is 385 g/mol. The van der Waals surface area contributed by atoms with Crippen molar-refractivity contribution in [2.45, 2.75) is 6.92 Å². The molecular weight excluding hydrogens is 366 g/mol. The number of aromatic nitrogens is 3. The van der Waals surface area contributed by atoms with Crippen molar-refractivity contribution in [3.8, 4) is 0 Å². The molecule has 0 radical (unpaired) electrons. The first-order chi connectivity index (χ1) is 14.1. The van der Waals surface area contributed by atoms with E-state index in [0.717, 1.165) is 22.3 Å². The Morgan fingerprint density at radius 1 is 0.966 bits per heavy atom. The van der Waals surface area contributed by atoms with Gasteiger partial charge in [-0.1, -0.05) is 24.3 Å². The summed E-state index contributed by atoms with van der Waals surface area (Å²) in [5, 5.41) is 7.51. The van der Waals surface area contributed by atoms with Crippen molar-refractivity contribution in [2.24, 2.45) is 0 Å². The lowest BCUT2D eigenvalue weighted by Crippen LogP contribution is -2.04. The second-order valence-electron chi connectivity index (χ2n) is 6.42. The van der Waals surface area contributed by atoms with Crippen molar-refractivity contribution in [1.29, 1.82) is 0 Å². The molecule has 4 aromatic rings. The Hall–Kier alpha value is -4.00. The summed E-state index contributed by atoms with van der Waals surface area (Å²) in [5.41, 5.74) is 3.66. The number of methoxy groups -OCH3 is 1. The van der Waals surface area contributed by atoms with E-state index >= 15 is 0 Å². The predicted octanol–water partition coefficient (Wildman–Crippen LogP) is 4.61. The molecule has 0 fully saturated rings. The predicted molar refractivity (Wildman–Crippen MR) is 113 cm³/mol. The summed E-state index contributed by atoms with van der Waals surface area (Å²) in [6.07, 6.45) is 1.76. The maximum Gasteiger partial charge on any atom is 0.337 e. The SMILES string of the molecule is COC(=O)c1cccc(Nc2nc(C)cc(Nc3cccc4cccnc34)n2)c1. The molecule has 7 nitrogen and oxygen atoms in total. The quantitative estimate of drug-likeness (QED) is 0.485.